The molecule has 0 aromatic heterocycles. The lowest BCUT2D eigenvalue weighted by Gasteiger charge is -2.23. The molecule has 2 aromatic rings. The van der Waals surface area contributed by atoms with Gasteiger partial charge in [0.2, 0.25) is 10.0 Å². The van der Waals surface area contributed by atoms with Crippen molar-refractivity contribution < 1.29 is 17.9 Å². The summed E-state index contributed by atoms with van der Waals surface area (Å²) in [4.78, 5) is 6.44. The van der Waals surface area contributed by atoms with Gasteiger partial charge in [0.1, 0.15) is 11.5 Å². The molecule has 0 bridgehead atoms. The Balaban J connectivity index is 0.00000480. The van der Waals surface area contributed by atoms with E-state index >= 15 is 0 Å². The number of halogens is 1. The molecule has 0 heterocycles. The fourth-order valence-corrected chi connectivity index (χ4v) is 3.89. The van der Waals surface area contributed by atoms with Crippen LogP contribution < -0.4 is 19.5 Å². The molecular formula is C21H31IN4O4S. The lowest BCUT2D eigenvalue weighted by Crippen LogP contribution is -2.42. The minimum atomic E-state index is -3.54. The zero-order chi connectivity index (χ0) is 22.1. The molecule has 31 heavy (non-hydrogen) atoms. The van der Waals surface area contributed by atoms with Gasteiger partial charge in [-0.05, 0) is 31.2 Å². The number of hydrogen-bond acceptors (Lipinski definition) is 5. The second-order valence-corrected chi connectivity index (χ2v) is 8.49. The van der Waals surface area contributed by atoms with Gasteiger partial charge in [0.05, 0.1) is 19.1 Å². The topological polar surface area (TPSA) is 92.3 Å². The number of ether oxygens (including phenoxy) is 2. The first-order chi connectivity index (χ1) is 14.3. The van der Waals surface area contributed by atoms with E-state index in [0.717, 1.165) is 22.6 Å². The minimum absolute atomic E-state index is 0. The zero-order valence-corrected chi connectivity index (χ0v) is 21.7. The quantitative estimate of drug-likeness (QED) is 0.211. The van der Waals surface area contributed by atoms with Crippen LogP contribution in [-0.4, -0.2) is 60.7 Å². The molecule has 0 aliphatic heterocycles. The van der Waals surface area contributed by atoms with Gasteiger partial charge >= 0.3 is 0 Å². The number of benzene rings is 2. The van der Waals surface area contributed by atoms with Crippen LogP contribution in [0, 0.1) is 6.92 Å². The maximum absolute atomic E-state index is 12.4. The van der Waals surface area contributed by atoms with Crippen LogP contribution in [0.1, 0.15) is 11.1 Å². The van der Waals surface area contributed by atoms with E-state index in [4.69, 9.17) is 9.47 Å². The van der Waals surface area contributed by atoms with Crippen molar-refractivity contribution in [3.05, 3.63) is 53.6 Å². The van der Waals surface area contributed by atoms with Gasteiger partial charge in [-0.25, -0.2) is 13.1 Å². The second-order valence-electron chi connectivity index (χ2n) is 6.72. The van der Waals surface area contributed by atoms with Crippen LogP contribution in [0.3, 0.4) is 0 Å². The van der Waals surface area contributed by atoms with Crippen molar-refractivity contribution in [2.45, 2.75) is 18.4 Å². The highest BCUT2D eigenvalue weighted by atomic mass is 127. The first kappa shape index (κ1) is 27.0. The molecule has 0 radical (unpaired) electrons. The molecule has 0 amide bonds. The van der Waals surface area contributed by atoms with Gasteiger partial charge in [-0.3, -0.25) is 4.99 Å². The lowest BCUT2D eigenvalue weighted by molar-refractivity contribution is 0.382. The Morgan fingerprint density at radius 1 is 1.06 bits per heavy atom. The number of nitrogens with one attached hydrogen (secondary N) is 2. The summed E-state index contributed by atoms with van der Waals surface area (Å²) in [6.45, 7) is 3.09. The number of sulfonamides is 1. The van der Waals surface area contributed by atoms with Gasteiger partial charge in [0.25, 0.3) is 0 Å². The molecule has 2 rings (SSSR count). The predicted molar refractivity (Wildman–Crippen MR) is 134 cm³/mol. The Morgan fingerprint density at radius 2 is 1.74 bits per heavy atom. The van der Waals surface area contributed by atoms with Crippen molar-refractivity contribution in [3.8, 4) is 11.5 Å². The standard InChI is InChI=1S/C21H30N4O4S.HI/c1-16-6-10-19(11-7-16)30(26,27)24-13-12-23-21(22-2)25(3)15-17-8-9-18(28-4)14-20(17)29-5;/h6-11,14,24H,12-13,15H2,1-5H3,(H,22,23);1H. The van der Waals surface area contributed by atoms with E-state index in [9.17, 15) is 8.42 Å². The molecule has 0 saturated carbocycles. The molecule has 0 unspecified atom stereocenters. The molecule has 0 spiro atoms. The summed E-state index contributed by atoms with van der Waals surface area (Å²) in [5.41, 5.74) is 1.99. The molecule has 2 aromatic carbocycles. The fraction of sp³-hybridized carbons (Fsp3) is 0.381. The SMILES string of the molecule is CN=C(NCCNS(=O)(=O)c1ccc(C)cc1)N(C)Cc1ccc(OC)cc1OC.I. The Morgan fingerprint density at radius 3 is 2.32 bits per heavy atom. The molecular weight excluding hydrogens is 531 g/mol. The van der Waals surface area contributed by atoms with Crippen LogP contribution in [-0.2, 0) is 16.6 Å². The van der Waals surface area contributed by atoms with E-state index in [1.807, 2.05) is 37.1 Å². The van der Waals surface area contributed by atoms with Crippen LogP contribution in [0.15, 0.2) is 52.4 Å². The molecule has 0 fully saturated rings. The number of aryl methyl sites for hydroxylation is 1. The Bertz CT molecular complexity index is 966. The second kappa shape index (κ2) is 12.7. The minimum Gasteiger partial charge on any atom is -0.497 e. The van der Waals surface area contributed by atoms with E-state index in [-0.39, 0.29) is 35.4 Å². The van der Waals surface area contributed by atoms with Gasteiger partial charge in [-0.1, -0.05) is 17.7 Å². The summed E-state index contributed by atoms with van der Waals surface area (Å²) in [7, 11) is 3.27. The molecule has 10 heteroatoms. The highest BCUT2D eigenvalue weighted by Gasteiger charge is 2.14. The molecule has 0 aliphatic carbocycles. The van der Waals surface area contributed by atoms with Crippen LogP contribution in [0.5, 0.6) is 11.5 Å². The summed E-state index contributed by atoms with van der Waals surface area (Å²) >= 11 is 0. The third-order valence-corrected chi connectivity index (χ3v) is 5.98. The number of hydrogen-bond donors (Lipinski definition) is 2. The fourth-order valence-electron chi connectivity index (χ4n) is 2.86. The first-order valence-corrected chi connectivity index (χ1v) is 11.0. The van der Waals surface area contributed by atoms with E-state index in [2.05, 4.69) is 15.0 Å². The third kappa shape index (κ3) is 7.86. The molecule has 0 saturated heterocycles. The molecule has 8 nitrogen and oxygen atoms in total. The molecule has 172 valence electrons. The van der Waals surface area contributed by atoms with Crippen LogP contribution in [0.25, 0.3) is 0 Å². The Hall–Kier alpha value is -2.05. The Labute approximate surface area is 202 Å². The number of nitrogens with zero attached hydrogens (tertiary/aromatic N) is 2. The van der Waals surface area contributed by atoms with Gasteiger partial charge < -0.3 is 19.7 Å². The van der Waals surface area contributed by atoms with Gasteiger partial charge in [0, 0.05) is 45.4 Å². The van der Waals surface area contributed by atoms with Crippen molar-refractivity contribution in [1.82, 2.24) is 14.9 Å². The highest BCUT2D eigenvalue weighted by molar-refractivity contribution is 14.0. The zero-order valence-electron chi connectivity index (χ0n) is 18.5. The van der Waals surface area contributed by atoms with Crippen LogP contribution in [0.2, 0.25) is 0 Å². The van der Waals surface area contributed by atoms with Crippen molar-refractivity contribution in [3.63, 3.8) is 0 Å². The van der Waals surface area contributed by atoms with Crippen molar-refractivity contribution in [2.75, 3.05) is 41.4 Å². The average molecular weight is 562 g/mol. The summed E-state index contributed by atoms with van der Waals surface area (Å²) < 4.78 is 38.0. The van der Waals surface area contributed by atoms with E-state index in [1.54, 1.807) is 45.5 Å². The number of rotatable bonds is 9. The van der Waals surface area contributed by atoms with E-state index < -0.39 is 10.0 Å². The van der Waals surface area contributed by atoms with Crippen molar-refractivity contribution in [1.29, 1.82) is 0 Å². The normalized spacial score (nSPS) is 11.5. The number of aliphatic imine (C=N–C) groups is 1. The molecule has 0 aliphatic rings. The van der Waals surface area contributed by atoms with Crippen molar-refractivity contribution >= 4 is 40.0 Å². The van der Waals surface area contributed by atoms with Crippen LogP contribution >= 0.6 is 24.0 Å². The average Bonchev–Trinajstić information content (AvgIpc) is 2.74. The van der Waals surface area contributed by atoms with Crippen LogP contribution in [0.4, 0.5) is 0 Å². The highest BCUT2D eigenvalue weighted by Crippen LogP contribution is 2.25. The number of guanidine groups is 1. The maximum Gasteiger partial charge on any atom is 0.240 e. The van der Waals surface area contributed by atoms with Crippen molar-refractivity contribution in [2.24, 2.45) is 4.99 Å². The summed E-state index contributed by atoms with van der Waals surface area (Å²) in [5, 5.41) is 3.17. The largest absolute Gasteiger partial charge is 0.497 e. The summed E-state index contributed by atoms with van der Waals surface area (Å²) in [6, 6.07) is 12.4. The Kier molecular flexibility index (Phi) is 11.1. The maximum atomic E-state index is 12.4. The lowest BCUT2D eigenvalue weighted by atomic mass is 10.2. The van der Waals surface area contributed by atoms with E-state index in [0.29, 0.717) is 19.0 Å². The van der Waals surface area contributed by atoms with E-state index in [1.165, 1.54) is 0 Å². The molecule has 0 atom stereocenters. The number of methoxy groups -OCH3 is 2. The summed E-state index contributed by atoms with van der Waals surface area (Å²) in [6.07, 6.45) is 0. The van der Waals surface area contributed by atoms with Gasteiger partial charge in [0.15, 0.2) is 5.96 Å². The molecule has 2 N–H and O–H groups in total. The summed E-state index contributed by atoms with van der Waals surface area (Å²) in [5.74, 6) is 2.09. The van der Waals surface area contributed by atoms with Gasteiger partial charge in [-0.2, -0.15) is 0 Å². The first-order valence-electron chi connectivity index (χ1n) is 9.49. The monoisotopic (exact) mass is 562 g/mol. The third-order valence-electron chi connectivity index (χ3n) is 4.51. The van der Waals surface area contributed by atoms with Gasteiger partial charge in [-0.15, -0.1) is 24.0 Å². The predicted octanol–water partition coefficient (Wildman–Crippen LogP) is 2.62. The smallest absolute Gasteiger partial charge is 0.240 e.